The number of hydrogen-bond acceptors (Lipinski definition) is 8. The zero-order valence-corrected chi connectivity index (χ0v) is 25.4. The first-order valence-corrected chi connectivity index (χ1v) is 15.4. The largest absolute Gasteiger partial charge is 0.388 e. The van der Waals surface area contributed by atoms with E-state index in [0.29, 0.717) is 23.4 Å². The number of hydrogen-bond donors (Lipinski definition) is 4. The maximum Gasteiger partial charge on any atom is 0.257 e. The van der Waals surface area contributed by atoms with Crippen LogP contribution in [0.1, 0.15) is 81.3 Å². The van der Waals surface area contributed by atoms with E-state index in [4.69, 9.17) is 4.74 Å². The SMILES string of the molecule is CCCc1c(Cc2ccc(-c3ccccc3C3=NNNN3)cc2F)c(=O)n(C2CCC(OCC(C)(C)O)CC2)c2ccnn12. The fourth-order valence-corrected chi connectivity index (χ4v) is 6.32. The quantitative estimate of drug-likeness (QED) is 0.213. The monoisotopic (exact) mass is 601 g/mol. The van der Waals surface area contributed by atoms with Gasteiger partial charge in [0.05, 0.1) is 30.2 Å². The average molecular weight is 602 g/mol. The van der Waals surface area contributed by atoms with Gasteiger partial charge in [-0.15, -0.1) is 10.6 Å². The Morgan fingerprint density at radius 1 is 1.09 bits per heavy atom. The van der Waals surface area contributed by atoms with Crippen LogP contribution in [0.25, 0.3) is 16.8 Å². The van der Waals surface area contributed by atoms with Crippen LogP contribution in [-0.4, -0.2) is 43.4 Å². The smallest absolute Gasteiger partial charge is 0.257 e. The minimum absolute atomic E-state index is 0.0158. The Morgan fingerprint density at radius 2 is 1.86 bits per heavy atom. The lowest BCUT2D eigenvalue weighted by molar-refractivity contribution is -0.0654. The molecule has 1 fully saturated rings. The van der Waals surface area contributed by atoms with Crippen molar-refractivity contribution < 1.29 is 14.2 Å². The maximum atomic E-state index is 15.9. The van der Waals surface area contributed by atoms with Crippen molar-refractivity contribution in [2.45, 2.75) is 83.5 Å². The summed E-state index contributed by atoms with van der Waals surface area (Å²) in [6, 6.07) is 14.8. The summed E-state index contributed by atoms with van der Waals surface area (Å²) in [7, 11) is 0. The molecule has 3 heterocycles. The van der Waals surface area contributed by atoms with Crippen molar-refractivity contribution in [3.05, 3.63) is 93.3 Å². The highest BCUT2D eigenvalue weighted by Gasteiger charge is 2.29. The molecule has 0 radical (unpaired) electrons. The van der Waals surface area contributed by atoms with Crippen LogP contribution in [0.15, 0.2) is 64.6 Å². The van der Waals surface area contributed by atoms with E-state index in [9.17, 15) is 9.90 Å². The zero-order valence-electron chi connectivity index (χ0n) is 25.4. The molecule has 2 aliphatic rings. The second kappa shape index (κ2) is 12.5. The Labute approximate surface area is 255 Å². The second-order valence-electron chi connectivity index (χ2n) is 12.4. The van der Waals surface area contributed by atoms with Crippen LogP contribution < -0.4 is 22.1 Å². The third-order valence-corrected chi connectivity index (χ3v) is 8.44. The third kappa shape index (κ3) is 6.12. The van der Waals surface area contributed by atoms with Gasteiger partial charge in [-0.2, -0.15) is 5.10 Å². The van der Waals surface area contributed by atoms with E-state index in [1.165, 1.54) is 6.07 Å². The molecule has 2 aromatic carbocycles. The van der Waals surface area contributed by atoms with Crippen LogP contribution in [0, 0.1) is 5.82 Å². The average Bonchev–Trinajstić information content (AvgIpc) is 3.72. The summed E-state index contributed by atoms with van der Waals surface area (Å²) in [5.74, 6) is 0.244. The molecule has 0 unspecified atom stereocenters. The lowest BCUT2D eigenvalue weighted by Gasteiger charge is -2.32. The number of nitrogens with zero attached hydrogens (tertiary/aromatic N) is 4. The molecule has 0 saturated heterocycles. The lowest BCUT2D eigenvalue weighted by atomic mass is 9.92. The molecule has 4 aromatic rings. The van der Waals surface area contributed by atoms with Crippen LogP contribution >= 0.6 is 0 Å². The Kier molecular flexibility index (Phi) is 8.53. The molecule has 0 spiro atoms. The number of amidine groups is 1. The number of hydrazine groups is 2. The first kappa shape index (κ1) is 30.0. The second-order valence-corrected chi connectivity index (χ2v) is 12.4. The van der Waals surface area contributed by atoms with Crippen molar-refractivity contribution in [1.29, 1.82) is 0 Å². The van der Waals surface area contributed by atoms with E-state index in [2.05, 4.69) is 33.6 Å². The van der Waals surface area contributed by atoms with Gasteiger partial charge in [0.2, 0.25) is 0 Å². The lowest BCUT2D eigenvalue weighted by Crippen LogP contribution is -2.36. The fraction of sp³-hybridized carbons (Fsp3) is 0.424. The van der Waals surface area contributed by atoms with Gasteiger partial charge in [-0.25, -0.2) is 14.4 Å². The van der Waals surface area contributed by atoms with Gasteiger partial charge in [0, 0.05) is 29.7 Å². The Balaban J connectivity index is 1.32. The number of aryl methyl sites for hydroxylation is 1. The highest BCUT2D eigenvalue weighted by atomic mass is 19.1. The summed E-state index contributed by atoms with van der Waals surface area (Å²) in [6.45, 7) is 5.83. The molecule has 1 saturated carbocycles. The van der Waals surface area contributed by atoms with E-state index in [1.807, 2.05) is 45.5 Å². The maximum absolute atomic E-state index is 15.9. The first-order chi connectivity index (χ1) is 21.2. The van der Waals surface area contributed by atoms with Gasteiger partial charge in [0.1, 0.15) is 11.5 Å². The topological polar surface area (TPSA) is 117 Å². The summed E-state index contributed by atoms with van der Waals surface area (Å²) in [6.07, 6.45) is 6.58. The fourth-order valence-electron chi connectivity index (χ4n) is 6.32. The van der Waals surface area contributed by atoms with E-state index < -0.39 is 5.60 Å². The molecule has 4 N–H and O–H groups in total. The summed E-state index contributed by atoms with van der Waals surface area (Å²) in [5, 5.41) is 18.9. The molecule has 0 bridgehead atoms. The predicted molar refractivity (Wildman–Crippen MR) is 168 cm³/mol. The molecular formula is C33H40FN7O3. The van der Waals surface area contributed by atoms with Crippen molar-refractivity contribution in [2.75, 3.05) is 6.61 Å². The molecular weight excluding hydrogens is 561 g/mol. The predicted octanol–water partition coefficient (Wildman–Crippen LogP) is 4.39. The summed E-state index contributed by atoms with van der Waals surface area (Å²) in [4.78, 5) is 14.3. The van der Waals surface area contributed by atoms with E-state index in [1.54, 1.807) is 26.1 Å². The van der Waals surface area contributed by atoms with Gasteiger partial charge < -0.3 is 9.84 Å². The number of rotatable bonds is 10. The number of hydrazone groups is 1. The van der Waals surface area contributed by atoms with Crippen molar-refractivity contribution in [3.63, 3.8) is 0 Å². The first-order valence-electron chi connectivity index (χ1n) is 15.4. The van der Waals surface area contributed by atoms with Gasteiger partial charge in [-0.1, -0.05) is 49.7 Å². The molecule has 44 heavy (non-hydrogen) atoms. The van der Waals surface area contributed by atoms with Crippen LogP contribution in [0.2, 0.25) is 0 Å². The van der Waals surface area contributed by atoms with Crippen LogP contribution in [0.4, 0.5) is 4.39 Å². The number of nitrogens with one attached hydrogen (secondary N) is 3. The minimum atomic E-state index is -0.880. The summed E-state index contributed by atoms with van der Waals surface area (Å²) in [5.41, 5.74) is 12.4. The summed E-state index contributed by atoms with van der Waals surface area (Å²) < 4.78 is 25.6. The van der Waals surface area contributed by atoms with Gasteiger partial charge >= 0.3 is 0 Å². The van der Waals surface area contributed by atoms with Crippen molar-refractivity contribution in [2.24, 2.45) is 5.10 Å². The summed E-state index contributed by atoms with van der Waals surface area (Å²) >= 11 is 0. The molecule has 2 aromatic heterocycles. The van der Waals surface area contributed by atoms with E-state index >= 15 is 4.39 Å². The van der Waals surface area contributed by atoms with Gasteiger partial charge in [0.25, 0.3) is 5.56 Å². The van der Waals surface area contributed by atoms with Crippen LogP contribution in [-0.2, 0) is 17.6 Å². The zero-order chi connectivity index (χ0) is 30.8. The van der Waals surface area contributed by atoms with Crippen LogP contribution in [0.3, 0.4) is 0 Å². The standard InChI is InChI=1S/C33H40FN7O3/c1-4-7-29-27(18-22-11-10-21(19-28(22)34)25-8-5-6-9-26(25)31-36-38-39-37-31)32(42)40(30-16-17-35-41(29)30)23-12-14-24(15-13-23)44-20-33(2,3)43/h5-6,8-11,16-17,19,23-24,38-39,43H,4,7,12-15,18,20H2,1-3H3,(H,36,37). The normalized spacial score (nSPS) is 18.7. The van der Waals surface area contributed by atoms with E-state index in [0.717, 1.165) is 60.1 Å². The number of halogens is 1. The molecule has 11 heteroatoms. The van der Waals surface area contributed by atoms with Crippen LogP contribution in [0.5, 0.6) is 0 Å². The highest BCUT2D eigenvalue weighted by molar-refractivity contribution is 6.04. The highest BCUT2D eigenvalue weighted by Crippen LogP contribution is 2.32. The minimum Gasteiger partial charge on any atom is -0.388 e. The molecule has 1 aliphatic carbocycles. The van der Waals surface area contributed by atoms with E-state index in [-0.39, 0.29) is 36.5 Å². The number of fused-ring (bicyclic) bond motifs is 1. The molecule has 0 atom stereocenters. The Bertz CT molecular complexity index is 1730. The number of benzene rings is 2. The molecule has 0 amide bonds. The Morgan fingerprint density at radius 3 is 2.55 bits per heavy atom. The Hall–Kier alpha value is -4.06. The number of aromatic nitrogens is 3. The van der Waals surface area contributed by atoms with Crippen molar-refractivity contribution in [3.8, 4) is 11.1 Å². The van der Waals surface area contributed by atoms with Gasteiger partial charge in [-0.3, -0.25) is 14.8 Å². The van der Waals surface area contributed by atoms with Crippen molar-refractivity contribution >= 4 is 11.5 Å². The molecule has 6 rings (SSSR count). The third-order valence-electron chi connectivity index (χ3n) is 8.44. The molecule has 10 nitrogen and oxygen atoms in total. The number of ether oxygens (including phenoxy) is 1. The van der Waals surface area contributed by atoms with Gasteiger partial charge in [-0.05, 0) is 68.7 Å². The number of aliphatic hydroxyl groups is 1. The van der Waals surface area contributed by atoms with Crippen molar-refractivity contribution in [1.82, 2.24) is 30.7 Å². The van der Waals surface area contributed by atoms with Gasteiger partial charge in [0.15, 0.2) is 5.84 Å². The molecule has 232 valence electrons. The molecule has 1 aliphatic heterocycles.